The summed E-state index contributed by atoms with van der Waals surface area (Å²) in [6.07, 6.45) is 3.05. The number of benzene rings is 1. The molecule has 1 heterocycles. The molecule has 0 saturated heterocycles. The lowest BCUT2D eigenvalue weighted by Gasteiger charge is -2.22. The summed E-state index contributed by atoms with van der Waals surface area (Å²) >= 11 is 11.9. The van der Waals surface area contributed by atoms with Crippen LogP contribution >= 0.6 is 23.2 Å². The van der Waals surface area contributed by atoms with Crippen LogP contribution in [-0.2, 0) is 17.9 Å². The number of amides is 1. The minimum absolute atomic E-state index is 0.0985. The van der Waals surface area contributed by atoms with Crippen molar-refractivity contribution in [2.24, 2.45) is 0 Å². The highest BCUT2D eigenvalue weighted by atomic mass is 35.5. The molecule has 1 aliphatic rings. The lowest BCUT2D eigenvalue weighted by molar-refractivity contribution is -0.394. The molecule has 1 amide bonds. The van der Waals surface area contributed by atoms with Gasteiger partial charge in [-0.05, 0) is 35.5 Å². The maximum atomic E-state index is 12.5. The summed E-state index contributed by atoms with van der Waals surface area (Å²) in [5.41, 5.74) is 0.870. The molecule has 2 aromatic rings. The largest absolute Gasteiger partial charge is 0.490 e. The number of hydrogen-bond donors (Lipinski definition) is 0. The zero-order chi connectivity index (χ0) is 17.3. The van der Waals surface area contributed by atoms with Crippen LogP contribution in [0.1, 0.15) is 18.4 Å². The molecule has 0 atom stereocenters. The summed E-state index contributed by atoms with van der Waals surface area (Å²) in [6.45, 7) is 0.301. The fourth-order valence-corrected chi connectivity index (χ4v) is 2.64. The van der Waals surface area contributed by atoms with E-state index in [4.69, 9.17) is 23.2 Å². The van der Waals surface area contributed by atoms with Gasteiger partial charge in [-0.1, -0.05) is 34.3 Å². The van der Waals surface area contributed by atoms with Crippen LogP contribution in [0.2, 0.25) is 10.0 Å². The second-order valence-electron chi connectivity index (χ2n) is 5.50. The second-order valence-corrected chi connectivity index (χ2v) is 6.31. The van der Waals surface area contributed by atoms with Crippen LogP contribution in [0.25, 0.3) is 0 Å². The van der Waals surface area contributed by atoms with Crippen LogP contribution < -0.4 is 0 Å². The van der Waals surface area contributed by atoms with E-state index >= 15 is 0 Å². The number of rotatable bonds is 6. The number of hydrogen-bond acceptors (Lipinski definition) is 5. The Labute approximate surface area is 147 Å². The molecule has 0 N–H and O–H groups in total. The van der Waals surface area contributed by atoms with Crippen molar-refractivity contribution in [2.75, 3.05) is 0 Å². The molecule has 1 saturated carbocycles. The third-order valence-electron chi connectivity index (χ3n) is 3.63. The Morgan fingerprint density at radius 1 is 1.38 bits per heavy atom. The minimum Gasteiger partial charge on any atom is -0.390 e. The van der Waals surface area contributed by atoms with E-state index in [1.54, 1.807) is 17.0 Å². The Hall–Kier alpha value is -2.19. The molecular weight excluding hydrogens is 357 g/mol. The highest BCUT2D eigenvalue weighted by Gasteiger charge is 2.33. The summed E-state index contributed by atoms with van der Waals surface area (Å²) in [4.78, 5) is 27.7. The first-order chi connectivity index (χ1) is 11.4. The van der Waals surface area contributed by atoms with E-state index in [1.165, 1.54) is 11.0 Å². The van der Waals surface area contributed by atoms with Crippen LogP contribution in [0.3, 0.4) is 0 Å². The average Bonchev–Trinajstić information content (AvgIpc) is 3.26. The van der Waals surface area contributed by atoms with Gasteiger partial charge in [0.25, 0.3) is 0 Å². The normalized spacial score (nSPS) is 13.8. The number of carbonyl (C=O) groups excluding carboxylic acids is 1. The molecule has 0 bridgehead atoms. The summed E-state index contributed by atoms with van der Waals surface area (Å²) < 4.78 is 1.17. The van der Waals surface area contributed by atoms with E-state index in [0.717, 1.165) is 18.4 Å². The molecule has 10 heteroatoms. The summed E-state index contributed by atoms with van der Waals surface area (Å²) in [6, 6.07) is 5.41. The molecular formula is C14H13Cl2N5O3. The van der Waals surface area contributed by atoms with Gasteiger partial charge in [-0.2, -0.15) is 4.68 Å². The van der Waals surface area contributed by atoms with Gasteiger partial charge in [0.2, 0.25) is 12.2 Å². The number of halogens is 2. The van der Waals surface area contributed by atoms with Crippen molar-refractivity contribution in [2.45, 2.75) is 32.0 Å². The molecule has 1 aliphatic carbocycles. The van der Waals surface area contributed by atoms with E-state index in [2.05, 4.69) is 10.1 Å². The van der Waals surface area contributed by atoms with Gasteiger partial charge in [0, 0.05) is 17.7 Å². The zero-order valence-electron chi connectivity index (χ0n) is 12.4. The maximum Gasteiger partial charge on any atom is 0.490 e. The van der Waals surface area contributed by atoms with Crippen molar-refractivity contribution in [3.63, 3.8) is 0 Å². The van der Waals surface area contributed by atoms with Crippen molar-refractivity contribution in [3.05, 3.63) is 50.2 Å². The van der Waals surface area contributed by atoms with E-state index in [0.29, 0.717) is 16.6 Å². The first-order valence-corrected chi connectivity index (χ1v) is 7.97. The van der Waals surface area contributed by atoms with Crippen LogP contribution in [-0.4, -0.2) is 36.5 Å². The Kier molecular flexibility index (Phi) is 4.68. The molecule has 0 radical (unpaired) electrons. The van der Waals surface area contributed by atoms with Gasteiger partial charge in [0.05, 0.1) is 10.0 Å². The van der Waals surface area contributed by atoms with E-state index < -0.39 is 10.9 Å². The fourth-order valence-electron chi connectivity index (χ4n) is 2.32. The number of carbonyl (C=O) groups is 1. The van der Waals surface area contributed by atoms with E-state index in [9.17, 15) is 14.9 Å². The SMILES string of the molecule is O=C(Cn1cnc([N+](=O)[O-])n1)N(Cc1ccc(Cl)c(Cl)c1)C1CC1. The monoisotopic (exact) mass is 369 g/mol. The Morgan fingerprint density at radius 2 is 2.12 bits per heavy atom. The molecule has 0 spiro atoms. The van der Waals surface area contributed by atoms with Crippen molar-refractivity contribution in [1.29, 1.82) is 0 Å². The zero-order valence-corrected chi connectivity index (χ0v) is 13.9. The molecule has 1 fully saturated rings. The Balaban J connectivity index is 1.71. The van der Waals surface area contributed by atoms with Gasteiger partial charge in [0.15, 0.2) is 0 Å². The lowest BCUT2D eigenvalue weighted by Crippen LogP contribution is -2.35. The maximum absolute atomic E-state index is 12.5. The lowest BCUT2D eigenvalue weighted by atomic mass is 10.2. The molecule has 1 aromatic carbocycles. The predicted molar refractivity (Wildman–Crippen MR) is 86.7 cm³/mol. The van der Waals surface area contributed by atoms with E-state index in [1.807, 2.05) is 6.07 Å². The summed E-state index contributed by atoms with van der Waals surface area (Å²) in [5, 5.41) is 15.2. The van der Waals surface area contributed by atoms with Crippen LogP contribution in [0, 0.1) is 10.1 Å². The van der Waals surface area contributed by atoms with Crippen LogP contribution in [0.4, 0.5) is 5.95 Å². The summed E-state index contributed by atoms with van der Waals surface area (Å²) in [7, 11) is 0. The highest BCUT2D eigenvalue weighted by molar-refractivity contribution is 6.42. The molecule has 8 nitrogen and oxygen atoms in total. The predicted octanol–water partition coefficient (Wildman–Crippen LogP) is 2.68. The number of nitro groups is 1. The summed E-state index contributed by atoms with van der Waals surface area (Å²) in [5.74, 6) is -0.700. The first kappa shape index (κ1) is 16.7. The molecule has 3 rings (SSSR count). The fraction of sp³-hybridized carbons (Fsp3) is 0.357. The second kappa shape index (κ2) is 6.74. The molecule has 126 valence electrons. The molecule has 0 unspecified atom stereocenters. The van der Waals surface area contributed by atoms with Crippen molar-refractivity contribution < 1.29 is 9.72 Å². The molecule has 0 aliphatic heterocycles. The smallest absolute Gasteiger partial charge is 0.390 e. The van der Waals surface area contributed by atoms with Gasteiger partial charge in [0.1, 0.15) is 6.54 Å². The van der Waals surface area contributed by atoms with Crippen LogP contribution in [0.5, 0.6) is 0 Å². The molecule has 1 aromatic heterocycles. The molecule has 24 heavy (non-hydrogen) atoms. The number of aromatic nitrogens is 3. The Bertz CT molecular complexity index is 790. The number of nitrogens with zero attached hydrogens (tertiary/aromatic N) is 5. The van der Waals surface area contributed by atoms with Gasteiger partial charge < -0.3 is 15.0 Å². The van der Waals surface area contributed by atoms with Crippen molar-refractivity contribution in [1.82, 2.24) is 19.7 Å². The van der Waals surface area contributed by atoms with E-state index in [-0.39, 0.29) is 18.5 Å². The van der Waals surface area contributed by atoms with Crippen LogP contribution in [0.15, 0.2) is 24.5 Å². The Morgan fingerprint density at radius 3 is 2.71 bits per heavy atom. The van der Waals surface area contributed by atoms with Gasteiger partial charge >= 0.3 is 5.95 Å². The third kappa shape index (κ3) is 3.82. The van der Waals surface area contributed by atoms with Gasteiger partial charge in [-0.15, -0.1) is 0 Å². The topological polar surface area (TPSA) is 94.2 Å². The minimum atomic E-state index is -0.699. The standard InChI is InChI=1S/C14H13Cl2N5O3/c15-11-4-1-9(5-12(11)16)6-20(10-2-3-10)13(22)7-19-8-17-14(18-19)21(23)24/h1,4-5,8,10H,2-3,6-7H2. The van der Waals surface area contributed by atoms with Crippen molar-refractivity contribution >= 4 is 35.1 Å². The first-order valence-electron chi connectivity index (χ1n) is 7.21. The third-order valence-corrected chi connectivity index (χ3v) is 4.37. The van der Waals surface area contributed by atoms with Gasteiger partial charge in [-0.3, -0.25) is 4.79 Å². The average molecular weight is 370 g/mol. The van der Waals surface area contributed by atoms with Gasteiger partial charge in [-0.25, -0.2) is 0 Å². The quantitative estimate of drug-likeness (QED) is 0.576. The highest BCUT2D eigenvalue weighted by Crippen LogP contribution is 2.30. The van der Waals surface area contributed by atoms with Crippen molar-refractivity contribution in [3.8, 4) is 0 Å².